The van der Waals surface area contributed by atoms with Crippen LogP contribution >= 0.6 is 11.6 Å². The van der Waals surface area contributed by atoms with Crippen molar-refractivity contribution in [3.8, 4) is 0 Å². The van der Waals surface area contributed by atoms with Crippen LogP contribution in [0.5, 0.6) is 0 Å². The Morgan fingerprint density at radius 3 is 2.00 bits per heavy atom. The van der Waals surface area contributed by atoms with E-state index in [2.05, 4.69) is 0 Å². The van der Waals surface area contributed by atoms with E-state index in [-0.39, 0.29) is 37.0 Å². The lowest BCUT2D eigenvalue weighted by molar-refractivity contribution is -0.139. The highest BCUT2D eigenvalue weighted by molar-refractivity contribution is 7.89. The van der Waals surface area contributed by atoms with E-state index in [1.54, 1.807) is 30.3 Å². The molecule has 1 aliphatic rings. The smallest absolute Gasteiger partial charge is 0.212 e. The minimum absolute atomic E-state index is 0.149. The SMILES string of the molecule is O=S(=O)(Cc1ccccc1)N1CCN(S(=O)(=O)c2ccc(Cl)cc2C(F)(F)F)CC1. The van der Waals surface area contributed by atoms with E-state index in [0.29, 0.717) is 11.6 Å². The van der Waals surface area contributed by atoms with Gasteiger partial charge in [-0.2, -0.15) is 21.8 Å². The molecule has 1 saturated heterocycles. The highest BCUT2D eigenvalue weighted by atomic mass is 35.5. The molecule has 0 aromatic heterocycles. The zero-order valence-electron chi connectivity index (χ0n) is 15.5. The molecule has 1 fully saturated rings. The van der Waals surface area contributed by atoms with Gasteiger partial charge in [-0.05, 0) is 23.8 Å². The molecule has 3 rings (SSSR count). The Bertz CT molecular complexity index is 1120. The molecule has 164 valence electrons. The fourth-order valence-electron chi connectivity index (χ4n) is 3.15. The molecule has 0 radical (unpaired) electrons. The number of hydrogen-bond donors (Lipinski definition) is 0. The molecule has 0 unspecified atom stereocenters. The first-order valence-corrected chi connectivity index (χ1v) is 12.2. The molecule has 1 aliphatic heterocycles. The van der Waals surface area contributed by atoms with Crippen molar-refractivity contribution >= 4 is 31.6 Å². The molecular weight excluding hydrogens is 465 g/mol. The fraction of sp³-hybridized carbons (Fsp3) is 0.333. The molecule has 0 bridgehead atoms. The first-order valence-electron chi connectivity index (χ1n) is 8.80. The van der Waals surface area contributed by atoms with E-state index in [9.17, 15) is 30.0 Å². The molecule has 0 atom stereocenters. The van der Waals surface area contributed by atoms with Crippen molar-refractivity contribution in [2.24, 2.45) is 0 Å². The van der Waals surface area contributed by atoms with E-state index in [1.807, 2.05) is 0 Å². The van der Waals surface area contributed by atoms with Crippen molar-refractivity contribution in [3.63, 3.8) is 0 Å². The summed E-state index contributed by atoms with van der Waals surface area (Å²) in [4.78, 5) is -0.903. The van der Waals surface area contributed by atoms with Gasteiger partial charge in [-0.3, -0.25) is 0 Å². The molecule has 0 aliphatic carbocycles. The van der Waals surface area contributed by atoms with Gasteiger partial charge in [0.05, 0.1) is 16.2 Å². The number of benzene rings is 2. The average Bonchev–Trinajstić information content (AvgIpc) is 2.67. The number of sulfonamides is 2. The predicted molar refractivity (Wildman–Crippen MR) is 106 cm³/mol. The largest absolute Gasteiger partial charge is 0.417 e. The lowest BCUT2D eigenvalue weighted by Crippen LogP contribution is -2.50. The van der Waals surface area contributed by atoms with Crippen LogP contribution in [0.1, 0.15) is 11.1 Å². The summed E-state index contributed by atoms with van der Waals surface area (Å²) in [5, 5.41) is -0.238. The van der Waals surface area contributed by atoms with E-state index in [0.717, 1.165) is 20.7 Å². The number of rotatable bonds is 5. The van der Waals surface area contributed by atoms with E-state index >= 15 is 0 Å². The number of nitrogens with zero attached hydrogens (tertiary/aromatic N) is 2. The highest BCUT2D eigenvalue weighted by Crippen LogP contribution is 2.37. The van der Waals surface area contributed by atoms with Gasteiger partial charge in [0.2, 0.25) is 20.0 Å². The van der Waals surface area contributed by atoms with Crippen molar-refractivity contribution in [2.45, 2.75) is 16.8 Å². The van der Waals surface area contributed by atoms with Gasteiger partial charge in [0, 0.05) is 31.2 Å². The molecule has 0 saturated carbocycles. The zero-order chi connectivity index (χ0) is 22.2. The van der Waals surface area contributed by atoms with E-state index < -0.39 is 36.7 Å². The number of alkyl halides is 3. The summed E-state index contributed by atoms with van der Waals surface area (Å²) < 4.78 is 92.8. The van der Waals surface area contributed by atoms with Crippen LogP contribution in [0, 0.1) is 0 Å². The molecule has 6 nitrogen and oxygen atoms in total. The van der Waals surface area contributed by atoms with Crippen LogP contribution in [0.3, 0.4) is 0 Å². The van der Waals surface area contributed by atoms with E-state index in [1.165, 1.54) is 0 Å². The van der Waals surface area contributed by atoms with Crippen LogP contribution in [0.4, 0.5) is 13.2 Å². The Morgan fingerprint density at radius 1 is 0.867 bits per heavy atom. The Labute approximate surface area is 178 Å². The number of piperazine rings is 1. The van der Waals surface area contributed by atoms with E-state index in [4.69, 9.17) is 11.6 Å². The summed E-state index contributed by atoms with van der Waals surface area (Å²) in [6.45, 7) is -0.806. The van der Waals surface area contributed by atoms with Gasteiger partial charge in [-0.25, -0.2) is 16.8 Å². The maximum atomic E-state index is 13.3. The fourth-order valence-corrected chi connectivity index (χ4v) is 6.45. The van der Waals surface area contributed by atoms with Gasteiger partial charge in [0.1, 0.15) is 0 Å². The number of halogens is 4. The predicted octanol–water partition coefficient (Wildman–Crippen LogP) is 3.20. The molecule has 12 heteroatoms. The third-order valence-electron chi connectivity index (χ3n) is 4.65. The Hall–Kier alpha value is -1.66. The second-order valence-corrected chi connectivity index (χ2v) is 11.0. The van der Waals surface area contributed by atoms with Crippen LogP contribution in [0.15, 0.2) is 53.4 Å². The van der Waals surface area contributed by atoms with Crippen molar-refractivity contribution in [3.05, 3.63) is 64.7 Å². The Kier molecular flexibility index (Phi) is 6.49. The van der Waals surface area contributed by atoms with Crippen LogP contribution in [-0.4, -0.2) is 51.6 Å². The summed E-state index contributed by atoms with van der Waals surface area (Å²) in [5.41, 5.74) is -0.766. The standard InChI is InChI=1S/C18H18ClF3N2O4S2/c19-15-6-7-17(16(12-15)18(20,21)22)30(27,28)24-10-8-23(9-11-24)29(25,26)13-14-4-2-1-3-5-14/h1-7,12H,8-11,13H2. The Morgan fingerprint density at radius 2 is 1.43 bits per heavy atom. The average molecular weight is 483 g/mol. The van der Waals surface area contributed by atoms with Crippen molar-refractivity contribution in [1.82, 2.24) is 8.61 Å². The third-order valence-corrected chi connectivity index (χ3v) is 8.69. The molecular formula is C18H18ClF3N2O4S2. The van der Waals surface area contributed by atoms with Crippen LogP contribution in [-0.2, 0) is 32.0 Å². The maximum absolute atomic E-state index is 13.3. The van der Waals surface area contributed by atoms with Crippen molar-refractivity contribution < 1.29 is 30.0 Å². The summed E-state index contributed by atoms with van der Waals surface area (Å²) in [7, 11) is -8.18. The summed E-state index contributed by atoms with van der Waals surface area (Å²) in [6, 6.07) is 11.0. The highest BCUT2D eigenvalue weighted by Gasteiger charge is 2.40. The Balaban J connectivity index is 1.78. The molecule has 1 heterocycles. The second-order valence-electron chi connectivity index (χ2n) is 6.68. The van der Waals surface area contributed by atoms with Crippen molar-refractivity contribution in [1.29, 1.82) is 0 Å². The van der Waals surface area contributed by atoms with Gasteiger partial charge in [0.15, 0.2) is 0 Å². The van der Waals surface area contributed by atoms with Crippen LogP contribution in [0.25, 0.3) is 0 Å². The van der Waals surface area contributed by atoms with Gasteiger partial charge in [-0.15, -0.1) is 0 Å². The van der Waals surface area contributed by atoms with Gasteiger partial charge < -0.3 is 0 Å². The molecule has 30 heavy (non-hydrogen) atoms. The molecule has 0 N–H and O–H groups in total. The van der Waals surface area contributed by atoms with Crippen molar-refractivity contribution in [2.75, 3.05) is 26.2 Å². The van der Waals surface area contributed by atoms with Crippen LogP contribution < -0.4 is 0 Å². The zero-order valence-corrected chi connectivity index (χ0v) is 17.9. The summed E-state index contributed by atoms with van der Waals surface area (Å²) in [6.07, 6.45) is -4.91. The normalized spacial score (nSPS) is 17.2. The quantitative estimate of drug-likeness (QED) is 0.656. The molecule has 0 spiro atoms. The summed E-state index contributed by atoms with van der Waals surface area (Å²) in [5.74, 6) is -0.240. The second kappa shape index (κ2) is 8.46. The minimum Gasteiger partial charge on any atom is -0.212 e. The first kappa shape index (κ1) is 23.0. The number of hydrogen-bond acceptors (Lipinski definition) is 4. The monoisotopic (exact) mass is 482 g/mol. The first-order chi connectivity index (χ1) is 13.9. The molecule has 2 aromatic rings. The topological polar surface area (TPSA) is 74.8 Å². The third kappa shape index (κ3) is 4.97. The van der Waals surface area contributed by atoms with Gasteiger partial charge in [-0.1, -0.05) is 41.9 Å². The van der Waals surface area contributed by atoms with Gasteiger partial charge in [0.25, 0.3) is 0 Å². The molecule has 2 aromatic carbocycles. The van der Waals surface area contributed by atoms with Crippen LogP contribution in [0.2, 0.25) is 5.02 Å². The molecule has 0 amide bonds. The lowest BCUT2D eigenvalue weighted by atomic mass is 10.2. The minimum atomic E-state index is -4.91. The maximum Gasteiger partial charge on any atom is 0.417 e. The lowest BCUT2D eigenvalue weighted by Gasteiger charge is -2.33. The summed E-state index contributed by atoms with van der Waals surface area (Å²) >= 11 is 5.61. The van der Waals surface area contributed by atoms with Gasteiger partial charge >= 0.3 is 6.18 Å².